The fourth-order valence-electron chi connectivity index (χ4n) is 3.52. The molecule has 2 aromatic carbocycles. The summed E-state index contributed by atoms with van der Waals surface area (Å²) in [6.07, 6.45) is 1.84. The lowest BCUT2D eigenvalue weighted by molar-refractivity contribution is -0.135. The van der Waals surface area contributed by atoms with Crippen molar-refractivity contribution in [2.45, 2.75) is 25.4 Å². The van der Waals surface area contributed by atoms with Gasteiger partial charge in [-0.1, -0.05) is 12.1 Å². The number of carbonyl (C=O) groups is 4. The molecule has 0 atom stereocenters. The predicted molar refractivity (Wildman–Crippen MR) is 110 cm³/mol. The SMILES string of the molecule is COc1ccc(CN(C(=O)COC(=O)c2ccc3c(c2)C(=O)N(C)C3=O)C2CC2)cc1. The number of amides is 3. The molecule has 2 aliphatic rings. The van der Waals surface area contributed by atoms with Crippen molar-refractivity contribution in [1.29, 1.82) is 0 Å². The Hall–Kier alpha value is -3.68. The molecule has 2 aromatic rings. The van der Waals surface area contributed by atoms with Crippen LogP contribution in [0, 0.1) is 0 Å². The highest BCUT2D eigenvalue weighted by molar-refractivity contribution is 6.21. The highest BCUT2D eigenvalue weighted by Crippen LogP contribution is 2.29. The van der Waals surface area contributed by atoms with E-state index in [1.165, 1.54) is 25.2 Å². The maximum atomic E-state index is 12.7. The molecule has 31 heavy (non-hydrogen) atoms. The monoisotopic (exact) mass is 422 g/mol. The molecule has 0 radical (unpaired) electrons. The van der Waals surface area contributed by atoms with Crippen LogP contribution >= 0.6 is 0 Å². The van der Waals surface area contributed by atoms with E-state index in [1.54, 1.807) is 12.0 Å². The van der Waals surface area contributed by atoms with Gasteiger partial charge in [-0.3, -0.25) is 19.3 Å². The van der Waals surface area contributed by atoms with Gasteiger partial charge in [0.15, 0.2) is 6.61 Å². The topological polar surface area (TPSA) is 93.2 Å². The summed E-state index contributed by atoms with van der Waals surface area (Å²) in [5.41, 5.74) is 1.49. The standard InChI is InChI=1S/C23H22N2O6/c1-24-21(27)18-10-5-15(11-19(18)22(24)28)23(29)31-13-20(26)25(16-6-7-16)12-14-3-8-17(30-2)9-4-14/h3-5,8-11,16H,6-7,12-13H2,1-2H3. The predicted octanol–water partition coefficient (Wildman–Crippen LogP) is 2.27. The fourth-order valence-corrected chi connectivity index (χ4v) is 3.52. The Kier molecular flexibility index (Phi) is 5.46. The first-order valence-electron chi connectivity index (χ1n) is 9.95. The van der Waals surface area contributed by atoms with E-state index in [0.29, 0.717) is 6.54 Å². The third-order valence-electron chi connectivity index (χ3n) is 5.47. The van der Waals surface area contributed by atoms with Crippen molar-refractivity contribution in [2.75, 3.05) is 20.8 Å². The van der Waals surface area contributed by atoms with Crippen molar-refractivity contribution in [1.82, 2.24) is 9.80 Å². The number of carbonyl (C=O) groups excluding carboxylic acids is 4. The largest absolute Gasteiger partial charge is 0.497 e. The highest BCUT2D eigenvalue weighted by atomic mass is 16.5. The molecule has 3 amide bonds. The molecule has 0 spiro atoms. The van der Waals surface area contributed by atoms with Crippen molar-refractivity contribution < 1.29 is 28.7 Å². The van der Waals surface area contributed by atoms with Crippen molar-refractivity contribution in [3.05, 3.63) is 64.7 Å². The second kappa shape index (κ2) is 8.22. The van der Waals surface area contributed by atoms with E-state index in [1.807, 2.05) is 24.3 Å². The molecule has 8 heteroatoms. The Labute approximate surface area is 179 Å². The number of methoxy groups -OCH3 is 1. The van der Waals surface area contributed by atoms with Crippen LogP contribution in [0.3, 0.4) is 0 Å². The first-order valence-corrected chi connectivity index (χ1v) is 9.95. The van der Waals surface area contributed by atoms with Gasteiger partial charge in [-0.05, 0) is 48.7 Å². The van der Waals surface area contributed by atoms with Gasteiger partial charge >= 0.3 is 5.97 Å². The lowest BCUT2D eigenvalue weighted by atomic mass is 10.1. The van der Waals surface area contributed by atoms with Crippen LogP contribution in [-0.2, 0) is 16.1 Å². The molecule has 1 aliphatic carbocycles. The van der Waals surface area contributed by atoms with E-state index < -0.39 is 24.4 Å². The molecule has 1 fully saturated rings. The van der Waals surface area contributed by atoms with Crippen LogP contribution in [-0.4, -0.2) is 60.3 Å². The van der Waals surface area contributed by atoms with E-state index in [0.717, 1.165) is 29.1 Å². The zero-order chi connectivity index (χ0) is 22.1. The first kappa shape index (κ1) is 20.6. The first-order chi connectivity index (χ1) is 14.9. The van der Waals surface area contributed by atoms with Crippen molar-refractivity contribution in [2.24, 2.45) is 0 Å². The number of benzene rings is 2. The van der Waals surface area contributed by atoms with Gasteiger partial charge in [-0.2, -0.15) is 0 Å². The summed E-state index contributed by atoms with van der Waals surface area (Å²) in [4.78, 5) is 52.0. The fraction of sp³-hybridized carbons (Fsp3) is 0.304. The Morgan fingerprint density at radius 1 is 1.03 bits per heavy atom. The summed E-state index contributed by atoms with van der Waals surface area (Å²) in [7, 11) is 2.98. The molecule has 1 aliphatic heterocycles. The number of fused-ring (bicyclic) bond motifs is 1. The molecular formula is C23H22N2O6. The number of nitrogens with zero attached hydrogens (tertiary/aromatic N) is 2. The number of ether oxygens (including phenoxy) is 2. The summed E-state index contributed by atoms with van der Waals surface area (Å²) in [5, 5.41) is 0. The van der Waals surface area contributed by atoms with Crippen LogP contribution in [0.2, 0.25) is 0 Å². The zero-order valence-electron chi connectivity index (χ0n) is 17.3. The van der Waals surface area contributed by atoms with E-state index in [9.17, 15) is 19.2 Å². The average molecular weight is 422 g/mol. The molecule has 160 valence electrons. The van der Waals surface area contributed by atoms with Gasteiger partial charge < -0.3 is 14.4 Å². The molecule has 1 heterocycles. The molecule has 1 saturated carbocycles. The summed E-state index contributed by atoms with van der Waals surface area (Å²) in [6.45, 7) is 0.0300. The number of imide groups is 1. The second-order valence-corrected chi connectivity index (χ2v) is 7.61. The van der Waals surface area contributed by atoms with Crippen molar-refractivity contribution in [3.63, 3.8) is 0 Å². The second-order valence-electron chi connectivity index (χ2n) is 7.61. The summed E-state index contributed by atoms with van der Waals surface area (Å²) < 4.78 is 10.4. The lowest BCUT2D eigenvalue weighted by Gasteiger charge is -2.22. The molecule has 8 nitrogen and oxygen atoms in total. The van der Waals surface area contributed by atoms with Gasteiger partial charge in [0.1, 0.15) is 5.75 Å². The maximum Gasteiger partial charge on any atom is 0.338 e. The van der Waals surface area contributed by atoms with E-state index in [4.69, 9.17) is 9.47 Å². The molecule has 0 N–H and O–H groups in total. The third-order valence-corrected chi connectivity index (χ3v) is 5.47. The molecular weight excluding hydrogens is 400 g/mol. The smallest absolute Gasteiger partial charge is 0.338 e. The van der Waals surface area contributed by atoms with Gasteiger partial charge in [0.25, 0.3) is 17.7 Å². The van der Waals surface area contributed by atoms with Gasteiger partial charge in [-0.15, -0.1) is 0 Å². The van der Waals surface area contributed by atoms with E-state index >= 15 is 0 Å². The van der Waals surface area contributed by atoms with E-state index in [2.05, 4.69) is 0 Å². The van der Waals surface area contributed by atoms with Gasteiger partial charge in [0, 0.05) is 19.6 Å². The van der Waals surface area contributed by atoms with Gasteiger partial charge in [0.2, 0.25) is 0 Å². The zero-order valence-corrected chi connectivity index (χ0v) is 17.3. The molecule has 0 saturated heterocycles. The minimum absolute atomic E-state index is 0.121. The lowest BCUT2D eigenvalue weighted by Crippen LogP contribution is -2.36. The Morgan fingerprint density at radius 2 is 1.71 bits per heavy atom. The number of hydrogen-bond donors (Lipinski definition) is 0. The highest BCUT2D eigenvalue weighted by Gasteiger charge is 2.34. The molecule has 4 rings (SSSR count). The quantitative estimate of drug-likeness (QED) is 0.502. The molecule has 0 unspecified atom stereocenters. The number of esters is 1. The van der Waals surface area contributed by atoms with Crippen LogP contribution in [0.5, 0.6) is 5.75 Å². The number of hydrogen-bond acceptors (Lipinski definition) is 6. The van der Waals surface area contributed by atoms with E-state index in [-0.39, 0.29) is 28.6 Å². The minimum Gasteiger partial charge on any atom is -0.497 e. The van der Waals surface area contributed by atoms with Crippen LogP contribution in [0.15, 0.2) is 42.5 Å². The van der Waals surface area contributed by atoms with Crippen LogP contribution in [0.4, 0.5) is 0 Å². The number of rotatable bonds is 7. The normalized spacial score (nSPS) is 15.0. The Bertz CT molecular complexity index is 1060. The maximum absolute atomic E-state index is 12.7. The van der Waals surface area contributed by atoms with Gasteiger partial charge in [0.05, 0.1) is 23.8 Å². The third kappa shape index (κ3) is 4.14. The van der Waals surface area contributed by atoms with Crippen LogP contribution in [0.25, 0.3) is 0 Å². The van der Waals surface area contributed by atoms with Crippen LogP contribution in [0.1, 0.15) is 49.5 Å². The van der Waals surface area contributed by atoms with Gasteiger partial charge in [-0.25, -0.2) is 4.79 Å². The van der Waals surface area contributed by atoms with Crippen molar-refractivity contribution >= 4 is 23.7 Å². The summed E-state index contributed by atoms with van der Waals surface area (Å²) in [6, 6.07) is 11.8. The van der Waals surface area contributed by atoms with Crippen LogP contribution < -0.4 is 4.74 Å². The molecule has 0 bridgehead atoms. The Balaban J connectivity index is 1.39. The molecule has 0 aromatic heterocycles. The summed E-state index contributed by atoms with van der Waals surface area (Å²) in [5.74, 6) is -1.13. The average Bonchev–Trinajstić information content (AvgIpc) is 3.61. The minimum atomic E-state index is -0.717. The Morgan fingerprint density at radius 3 is 2.35 bits per heavy atom. The van der Waals surface area contributed by atoms with Crippen molar-refractivity contribution in [3.8, 4) is 5.75 Å². The summed E-state index contributed by atoms with van der Waals surface area (Å²) >= 11 is 0.